The van der Waals surface area contributed by atoms with Gasteiger partial charge in [-0.15, -0.1) is 0 Å². The van der Waals surface area contributed by atoms with Gasteiger partial charge in [0.25, 0.3) is 5.91 Å². The van der Waals surface area contributed by atoms with Crippen LogP contribution in [0.2, 0.25) is 0 Å². The maximum atomic E-state index is 12.7. The Kier molecular flexibility index (Phi) is 5.19. The van der Waals surface area contributed by atoms with Crippen LogP contribution in [0.1, 0.15) is 15.9 Å². The summed E-state index contributed by atoms with van der Waals surface area (Å²) in [5, 5.41) is 3.30. The predicted octanol–water partition coefficient (Wildman–Crippen LogP) is 2.53. The molecule has 25 heavy (non-hydrogen) atoms. The number of carbonyl (C=O) groups excluding carboxylic acids is 1. The lowest BCUT2D eigenvalue weighted by Gasteiger charge is -2.32. The molecule has 0 radical (unpaired) electrons. The highest BCUT2D eigenvalue weighted by atomic mass is 16.5. The monoisotopic (exact) mass is 340 g/mol. The standard InChI is InChI=1S/C19H24N4O2/c1-14-4-5-18(25-3)17(10-14)21-16-11-15(12-20-13-16)19(24)23-8-6-22(2)7-9-23/h4-5,10-13,21H,6-9H2,1-3H3. The van der Waals surface area contributed by atoms with Gasteiger partial charge in [0.2, 0.25) is 0 Å². The van der Waals surface area contributed by atoms with E-state index in [0.29, 0.717) is 5.56 Å². The van der Waals surface area contributed by atoms with Crippen molar-refractivity contribution < 1.29 is 9.53 Å². The molecule has 0 spiro atoms. The molecule has 1 aliphatic rings. The smallest absolute Gasteiger partial charge is 0.255 e. The van der Waals surface area contributed by atoms with Gasteiger partial charge in [0.05, 0.1) is 30.2 Å². The first-order chi connectivity index (χ1) is 12.1. The molecule has 1 saturated heterocycles. The summed E-state index contributed by atoms with van der Waals surface area (Å²) in [4.78, 5) is 21.0. The number of hydrogen-bond donors (Lipinski definition) is 1. The van der Waals surface area contributed by atoms with E-state index in [1.54, 1.807) is 19.5 Å². The molecule has 0 aliphatic carbocycles. The van der Waals surface area contributed by atoms with Gasteiger partial charge in [-0.05, 0) is 37.7 Å². The molecule has 132 valence electrons. The van der Waals surface area contributed by atoms with Crippen LogP contribution in [0.3, 0.4) is 0 Å². The number of hydrogen-bond acceptors (Lipinski definition) is 5. The summed E-state index contributed by atoms with van der Waals surface area (Å²) >= 11 is 0. The Morgan fingerprint density at radius 1 is 1.16 bits per heavy atom. The summed E-state index contributed by atoms with van der Waals surface area (Å²) in [5.41, 5.74) is 3.35. The number of nitrogens with zero attached hydrogens (tertiary/aromatic N) is 3. The van der Waals surface area contributed by atoms with Crippen LogP contribution in [0, 0.1) is 6.92 Å². The zero-order valence-corrected chi connectivity index (χ0v) is 15.0. The summed E-state index contributed by atoms with van der Waals surface area (Å²) in [5.74, 6) is 0.779. The molecule has 0 saturated carbocycles. The molecular formula is C19H24N4O2. The van der Waals surface area contributed by atoms with E-state index in [1.807, 2.05) is 36.1 Å². The molecule has 1 N–H and O–H groups in total. The first-order valence-electron chi connectivity index (χ1n) is 8.41. The minimum atomic E-state index is 0.0282. The molecular weight excluding hydrogens is 316 g/mol. The maximum absolute atomic E-state index is 12.7. The van der Waals surface area contributed by atoms with Crippen molar-refractivity contribution in [1.82, 2.24) is 14.8 Å². The SMILES string of the molecule is COc1ccc(C)cc1Nc1cncc(C(=O)N2CCN(C)CC2)c1. The Labute approximate surface area is 148 Å². The van der Waals surface area contributed by atoms with Crippen LogP contribution in [0.25, 0.3) is 0 Å². The third kappa shape index (κ3) is 4.09. The van der Waals surface area contributed by atoms with E-state index in [4.69, 9.17) is 4.74 Å². The van der Waals surface area contributed by atoms with Gasteiger partial charge in [-0.1, -0.05) is 6.07 Å². The molecule has 1 aliphatic heterocycles. The van der Waals surface area contributed by atoms with E-state index in [-0.39, 0.29) is 5.91 Å². The lowest BCUT2D eigenvalue weighted by atomic mass is 10.2. The van der Waals surface area contributed by atoms with Crippen molar-refractivity contribution in [2.24, 2.45) is 0 Å². The summed E-state index contributed by atoms with van der Waals surface area (Å²) in [6.45, 7) is 5.32. The fourth-order valence-electron chi connectivity index (χ4n) is 2.89. The van der Waals surface area contributed by atoms with E-state index < -0.39 is 0 Å². The zero-order chi connectivity index (χ0) is 17.8. The molecule has 6 heteroatoms. The summed E-state index contributed by atoms with van der Waals surface area (Å²) < 4.78 is 5.39. The number of carbonyl (C=O) groups is 1. The molecule has 1 aromatic heterocycles. The third-order valence-electron chi connectivity index (χ3n) is 4.41. The number of nitrogens with one attached hydrogen (secondary N) is 1. The Morgan fingerprint density at radius 2 is 1.92 bits per heavy atom. The number of amides is 1. The highest BCUT2D eigenvalue weighted by Gasteiger charge is 2.20. The van der Waals surface area contributed by atoms with Gasteiger partial charge in [0.15, 0.2) is 0 Å². The Bertz CT molecular complexity index is 755. The average Bonchev–Trinajstić information content (AvgIpc) is 2.62. The number of aromatic nitrogens is 1. The average molecular weight is 340 g/mol. The molecule has 0 unspecified atom stereocenters. The molecule has 2 aromatic rings. The van der Waals surface area contributed by atoms with Crippen molar-refractivity contribution in [1.29, 1.82) is 0 Å². The van der Waals surface area contributed by atoms with E-state index in [9.17, 15) is 4.79 Å². The topological polar surface area (TPSA) is 57.7 Å². The van der Waals surface area contributed by atoms with Gasteiger partial charge >= 0.3 is 0 Å². The minimum Gasteiger partial charge on any atom is -0.495 e. The van der Waals surface area contributed by atoms with Crippen LogP contribution in [0.5, 0.6) is 5.75 Å². The number of methoxy groups -OCH3 is 1. The predicted molar refractivity (Wildman–Crippen MR) is 98.7 cm³/mol. The van der Waals surface area contributed by atoms with Gasteiger partial charge in [0.1, 0.15) is 5.75 Å². The van der Waals surface area contributed by atoms with E-state index in [0.717, 1.165) is 48.9 Å². The second kappa shape index (κ2) is 7.53. The van der Waals surface area contributed by atoms with Crippen LogP contribution < -0.4 is 10.1 Å². The molecule has 2 heterocycles. The second-order valence-electron chi connectivity index (χ2n) is 6.39. The van der Waals surface area contributed by atoms with E-state index in [1.165, 1.54) is 0 Å². The number of piperazine rings is 1. The van der Waals surface area contributed by atoms with Crippen LogP contribution in [0.4, 0.5) is 11.4 Å². The van der Waals surface area contributed by atoms with Crippen LogP contribution in [0.15, 0.2) is 36.7 Å². The first kappa shape index (κ1) is 17.2. The van der Waals surface area contributed by atoms with Gasteiger partial charge in [-0.2, -0.15) is 0 Å². The fraction of sp³-hybridized carbons (Fsp3) is 0.368. The number of ether oxygens (including phenoxy) is 1. The van der Waals surface area contributed by atoms with Crippen LogP contribution >= 0.6 is 0 Å². The normalized spacial score (nSPS) is 15.1. The summed E-state index contributed by atoms with van der Waals surface area (Å²) in [6.07, 6.45) is 3.34. The second-order valence-corrected chi connectivity index (χ2v) is 6.39. The molecule has 0 bridgehead atoms. The first-order valence-corrected chi connectivity index (χ1v) is 8.41. The molecule has 1 aromatic carbocycles. The minimum absolute atomic E-state index is 0.0282. The van der Waals surface area contributed by atoms with Crippen molar-refractivity contribution in [3.05, 3.63) is 47.8 Å². The van der Waals surface area contributed by atoms with Gasteiger partial charge in [-0.25, -0.2) is 0 Å². The fourth-order valence-corrected chi connectivity index (χ4v) is 2.89. The summed E-state index contributed by atoms with van der Waals surface area (Å²) in [7, 11) is 3.71. The Morgan fingerprint density at radius 3 is 2.64 bits per heavy atom. The summed E-state index contributed by atoms with van der Waals surface area (Å²) in [6, 6.07) is 7.77. The zero-order valence-electron chi connectivity index (χ0n) is 15.0. The van der Waals surface area contributed by atoms with Gasteiger partial charge in [-0.3, -0.25) is 9.78 Å². The van der Waals surface area contributed by atoms with Crippen LogP contribution in [-0.4, -0.2) is 61.0 Å². The third-order valence-corrected chi connectivity index (χ3v) is 4.41. The van der Waals surface area contributed by atoms with Crippen LogP contribution in [-0.2, 0) is 0 Å². The van der Waals surface area contributed by atoms with E-state index in [2.05, 4.69) is 22.2 Å². The number of rotatable bonds is 4. The molecule has 0 atom stereocenters. The number of benzene rings is 1. The number of anilines is 2. The molecule has 1 amide bonds. The lowest BCUT2D eigenvalue weighted by Crippen LogP contribution is -2.47. The highest BCUT2D eigenvalue weighted by molar-refractivity contribution is 5.95. The van der Waals surface area contributed by atoms with Crippen molar-refractivity contribution >= 4 is 17.3 Å². The van der Waals surface area contributed by atoms with Crippen molar-refractivity contribution in [2.75, 3.05) is 45.7 Å². The van der Waals surface area contributed by atoms with E-state index >= 15 is 0 Å². The lowest BCUT2D eigenvalue weighted by molar-refractivity contribution is 0.0663. The van der Waals surface area contributed by atoms with Gasteiger partial charge < -0.3 is 19.9 Å². The largest absolute Gasteiger partial charge is 0.495 e. The van der Waals surface area contributed by atoms with Gasteiger partial charge in [0, 0.05) is 32.4 Å². The molecule has 6 nitrogen and oxygen atoms in total. The maximum Gasteiger partial charge on any atom is 0.255 e. The Hall–Kier alpha value is -2.60. The van der Waals surface area contributed by atoms with Crippen molar-refractivity contribution in [3.8, 4) is 5.75 Å². The van der Waals surface area contributed by atoms with Crippen molar-refractivity contribution in [3.63, 3.8) is 0 Å². The molecule has 1 fully saturated rings. The molecule has 3 rings (SSSR count). The highest BCUT2D eigenvalue weighted by Crippen LogP contribution is 2.28. The quantitative estimate of drug-likeness (QED) is 0.927. The number of pyridine rings is 1. The number of likely N-dealkylation sites (N-methyl/N-ethyl adjacent to an activating group) is 1. The number of aryl methyl sites for hydroxylation is 1. The Balaban J connectivity index is 1.78. The van der Waals surface area contributed by atoms with Crippen molar-refractivity contribution in [2.45, 2.75) is 6.92 Å².